The van der Waals surface area contributed by atoms with Crippen molar-refractivity contribution in [3.05, 3.63) is 257 Å². The molecule has 256 valence electrons. The molecule has 0 saturated heterocycles. The number of hydrogen-bond donors (Lipinski definition) is 0. The van der Waals surface area contributed by atoms with Crippen LogP contribution in [0.3, 0.4) is 0 Å². The van der Waals surface area contributed by atoms with E-state index in [0.717, 1.165) is 29.8 Å². The second-order valence-electron chi connectivity index (χ2n) is 13.7. The number of hydrogen-bond acceptors (Lipinski definition) is 1. The zero-order valence-corrected chi connectivity index (χ0v) is 30.2. The minimum Gasteiger partial charge on any atom is -0.321 e. The molecule has 4 aliphatic carbocycles. The number of allylic oxidation sites excluding steroid dienone is 21. The Morgan fingerprint density at radius 1 is 0.717 bits per heavy atom. The van der Waals surface area contributed by atoms with Gasteiger partial charge in [0.2, 0.25) is 0 Å². The van der Waals surface area contributed by atoms with Crippen LogP contribution in [0.5, 0.6) is 0 Å². The summed E-state index contributed by atoms with van der Waals surface area (Å²) in [6.07, 6.45) is 39.2. The van der Waals surface area contributed by atoms with Crippen molar-refractivity contribution in [1.29, 1.82) is 0 Å². The second kappa shape index (κ2) is 15.0. The lowest BCUT2D eigenvalue weighted by atomic mass is 9.69. The Balaban J connectivity index is 1.16. The van der Waals surface area contributed by atoms with Gasteiger partial charge >= 0.3 is 0 Å². The fourth-order valence-electron chi connectivity index (χ4n) is 8.11. The van der Waals surface area contributed by atoms with Crippen LogP contribution < -0.4 is 4.90 Å². The summed E-state index contributed by atoms with van der Waals surface area (Å²) in [6, 6.07) is 37.2. The monoisotopic (exact) mass is 681 g/mol. The standard InChI is InChI=1S/C52H43N/c1-3-40(41-20-8-4-5-9-21-41)32-31-39(2)53(46-35-33-43(34-36-46)42-22-10-6-11-23-42)37-19-18-25-45-38-44-24-14-16-28-49(44)52(45)50-29-13-7-12-26-47(50)48-27-15-17-30-51(48)52/h3-12,14-20,22-38H,1,13,21H2,2H3/b25-18-,37-19+,39-31+,40-32+. The normalized spacial score (nSPS) is 19.0. The molecule has 0 aromatic heterocycles. The molecule has 1 spiro atoms. The van der Waals surface area contributed by atoms with E-state index in [-0.39, 0.29) is 5.41 Å². The van der Waals surface area contributed by atoms with Gasteiger partial charge in [-0.05, 0) is 111 Å². The van der Waals surface area contributed by atoms with Crippen LogP contribution in [0.2, 0.25) is 0 Å². The predicted molar refractivity (Wildman–Crippen MR) is 227 cm³/mol. The van der Waals surface area contributed by atoms with E-state index in [2.05, 4.69) is 219 Å². The minimum absolute atomic E-state index is 0.346. The summed E-state index contributed by atoms with van der Waals surface area (Å²) in [7, 11) is 0. The Hall–Kier alpha value is -6.44. The smallest absolute Gasteiger partial charge is 0.0716 e. The topological polar surface area (TPSA) is 3.24 Å². The molecular weight excluding hydrogens is 639 g/mol. The number of fused-ring (bicyclic) bond motifs is 7. The largest absolute Gasteiger partial charge is 0.321 e. The fourth-order valence-corrected chi connectivity index (χ4v) is 8.11. The highest BCUT2D eigenvalue weighted by atomic mass is 15.1. The van der Waals surface area contributed by atoms with Crippen molar-refractivity contribution in [1.82, 2.24) is 0 Å². The van der Waals surface area contributed by atoms with Crippen LogP contribution in [-0.4, -0.2) is 0 Å². The molecule has 1 unspecified atom stereocenters. The third-order valence-corrected chi connectivity index (χ3v) is 10.6. The van der Waals surface area contributed by atoms with E-state index < -0.39 is 0 Å². The van der Waals surface area contributed by atoms with E-state index in [9.17, 15) is 0 Å². The Kier molecular flexibility index (Phi) is 9.56. The number of benzene rings is 4. The maximum Gasteiger partial charge on any atom is 0.0716 e. The van der Waals surface area contributed by atoms with Crippen molar-refractivity contribution in [3.63, 3.8) is 0 Å². The third kappa shape index (κ3) is 6.36. The molecule has 0 saturated carbocycles. The third-order valence-electron chi connectivity index (χ3n) is 10.6. The zero-order valence-electron chi connectivity index (χ0n) is 30.2. The number of anilines is 1. The molecule has 4 aromatic carbocycles. The summed E-state index contributed by atoms with van der Waals surface area (Å²) >= 11 is 0. The van der Waals surface area contributed by atoms with E-state index >= 15 is 0 Å². The summed E-state index contributed by atoms with van der Waals surface area (Å²) in [5.41, 5.74) is 15.9. The lowest BCUT2D eigenvalue weighted by Gasteiger charge is -2.32. The van der Waals surface area contributed by atoms with Gasteiger partial charge in [-0.3, -0.25) is 0 Å². The summed E-state index contributed by atoms with van der Waals surface area (Å²) in [4.78, 5) is 2.26. The van der Waals surface area contributed by atoms with Crippen LogP contribution in [0.25, 0.3) is 22.8 Å². The molecule has 0 N–H and O–H groups in total. The van der Waals surface area contributed by atoms with Crippen molar-refractivity contribution < 1.29 is 0 Å². The van der Waals surface area contributed by atoms with Crippen LogP contribution in [0.4, 0.5) is 5.69 Å². The highest BCUT2D eigenvalue weighted by Crippen LogP contribution is 2.61. The Labute approximate surface area is 314 Å². The highest BCUT2D eigenvalue weighted by molar-refractivity contribution is 5.98. The number of nitrogens with zero attached hydrogens (tertiary/aromatic N) is 1. The SMILES string of the molecule is C=C/C(=C\C=C(/C)N(/C=C/C=C\C1=Cc2ccccc2C12C1=CCC=CC=C1c1ccccc12)c1ccc(-c2ccccc2)cc1)C1=CC=CC=CC1. The molecule has 0 amide bonds. The van der Waals surface area contributed by atoms with E-state index in [4.69, 9.17) is 0 Å². The summed E-state index contributed by atoms with van der Waals surface area (Å²) < 4.78 is 0. The lowest BCUT2D eigenvalue weighted by Crippen LogP contribution is -2.26. The Morgan fingerprint density at radius 2 is 1.49 bits per heavy atom. The van der Waals surface area contributed by atoms with Gasteiger partial charge in [-0.15, -0.1) is 0 Å². The molecule has 1 nitrogen and oxygen atoms in total. The first-order valence-electron chi connectivity index (χ1n) is 18.5. The van der Waals surface area contributed by atoms with Gasteiger partial charge in [-0.25, -0.2) is 0 Å². The molecule has 0 radical (unpaired) electrons. The van der Waals surface area contributed by atoms with E-state index in [0.29, 0.717) is 0 Å². The van der Waals surface area contributed by atoms with Gasteiger partial charge in [0.1, 0.15) is 0 Å². The molecule has 0 heterocycles. The Morgan fingerprint density at radius 3 is 2.34 bits per heavy atom. The van der Waals surface area contributed by atoms with Crippen molar-refractivity contribution in [2.45, 2.75) is 25.2 Å². The fraction of sp³-hybridized carbons (Fsp3) is 0.0769. The molecule has 0 aliphatic heterocycles. The van der Waals surface area contributed by atoms with Gasteiger partial charge in [-0.1, -0.05) is 177 Å². The lowest BCUT2D eigenvalue weighted by molar-refractivity contribution is 0.784. The van der Waals surface area contributed by atoms with E-state index in [1.165, 1.54) is 55.7 Å². The van der Waals surface area contributed by atoms with Gasteiger partial charge in [-0.2, -0.15) is 0 Å². The minimum atomic E-state index is -0.346. The Bertz CT molecular complexity index is 2390. The maximum absolute atomic E-state index is 4.13. The average molecular weight is 682 g/mol. The molecular formula is C52H43N. The van der Waals surface area contributed by atoms with Crippen molar-refractivity contribution in [2.24, 2.45) is 0 Å². The van der Waals surface area contributed by atoms with Crippen LogP contribution in [-0.2, 0) is 5.41 Å². The molecule has 1 heteroatoms. The zero-order chi connectivity index (χ0) is 36.0. The average Bonchev–Trinajstić information content (AvgIpc) is 3.38. The summed E-state index contributed by atoms with van der Waals surface area (Å²) in [5, 5.41) is 0. The van der Waals surface area contributed by atoms with Gasteiger partial charge in [0.25, 0.3) is 0 Å². The predicted octanol–water partition coefficient (Wildman–Crippen LogP) is 13.4. The van der Waals surface area contributed by atoms with Crippen LogP contribution in [0, 0.1) is 0 Å². The molecule has 4 aromatic rings. The van der Waals surface area contributed by atoms with Gasteiger partial charge in [0.15, 0.2) is 0 Å². The van der Waals surface area contributed by atoms with Crippen molar-refractivity contribution >= 4 is 17.3 Å². The molecule has 8 rings (SSSR count). The first-order chi connectivity index (χ1) is 26.2. The molecule has 1 atom stereocenters. The van der Waals surface area contributed by atoms with Crippen LogP contribution >= 0.6 is 0 Å². The van der Waals surface area contributed by atoms with Gasteiger partial charge in [0.05, 0.1) is 5.41 Å². The van der Waals surface area contributed by atoms with Gasteiger partial charge in [0, 0.05) is 17.6 Å². The van der Waals surface area contributed by atoms with E-state index in [1.807, 2.05) is 6.08 Å². The quantitative estimate of drug-likeness (QED) is 0.159. The highest BCUT2D eigenvalue weighted by Gasteiger charge is 2.51. The molecule has 0 bridgehead atoms. The van der Waals surface area contributed by atoms with Crippen LogP contribution in [0.15, 0.2) is 235 Å². The molecule has 53 heavy (non-hydrogen) atoms. The van der Waals surface area contributed by atoms with Gasteiger partial charge < -0.3 is 4.90 Å². The number of rotatable bonds is 9. The van der Waals surface area contributed by atoms with Crippen molar-refractivity contribution in [3.8, 4) is 11.1 Å². The maximum atomic E-state index is 4.13. The van der Waals surface area contributed by atoms with Crippen molar-refractivity contribution in [2.75, 3.05) is 4.90 Å². The summed E-state index contributed by atoms with van der Waals surface area (Å²) in [6.45, 7) is 6.30. The van der Waals surface area contributed by atoms with E-state index in [1.54, 1.807) is 0 Å². The molecule has 4 aliphatic rings. The second-order valence-corrected chi connectivity index (χ2v) is 13.7. The first kappa shape index (κ1) is 33.7. The first-order valence-corrected chi connectivity index (χ1v) is 18.5. The molecule has 0 fully saturated rings. The van der Waals surface area contributed by atoms with Crippen LogP contribution in [0.1, 0.15) is 42.0 Å². The summed E-state index contributed by atoms with van der Waals surface area (Å²) in [5.74, 6) is 0.